The number of amides is 1. The van der Waals surface area contributed by atoms with E-state index >= 15 is 0 Å². The van der Waals surface area contributed by atoms with Crippen LogP contribution in [0.15, 0.2) is 24.3 Å². The predicted molar refractivity (Wildman–Crippen MR) is 72.4 cm³/mol. The Morgan fingerprint density at radius 3 is 2.61 bits per heavy atom. The van der Waals surface area contributed by atoms with Gasteiger partial charge in [0, 0.05) is 13.0 Å². The number of hydrogen-bond donors (Lipinski definition) is 1. The lowest BCUT2D eigenvalue weighted by Gasteiger charge is -2.12. The monoisotopic (exact) mass is 245 g/mol. The number of nitrogens with one attached hydrogen (secondary N) is 1. The molecule has 0 aliphatic rings. The molecular formula is C15H19NO2. The van der Waals surface area contributed by atoms with Crippen molar-refractivity contribution in [1.29, 1.82) is 0 Å². The van der Waals surface area contributed by atoms with E-state index in [-0.39, 0.29) is 11.9 Å². The van der Waals surface area contributed by atoms with Gasteiger partial charge in [0.1, 0.15) is 12.4 Å². The molecule has 0 bridgehead atoms. The van der Waals surface area contributed by atoms with Gasteiger partial charge in [-0.2, -0.15) is 0 Å². The zero-order chi connectivity index (χ0) is 13.4. The third kappa shape index (κ3) is 5.40. The first-order valence-corrected chi connectivity index (χ1v) is 6.00. The molecule has 0 saturated carbocycles. The molecule has 0 radical (unpaired) electrons. The number of hydrogen-bond acceptors (Lipinski definition) is 2. The molecule has 1 aromatic carbocycles. The number of carbonyl (C=O) groups is 1. The first-order valence-electron chi connectivity index (χ1n) is 6.00. The molecule has 0 aliphatic heterocycles. The van der Waals surface area contributed by atoms with Crippen LogP contribution in [0.5, 0.6) is 5.75 Å². The Kier molecular flexibility index (Phi) is 5.79. The van der Waals surface area contributed by atoms with E-state index in [9.17, 15) is 4.79 Å². The summed E-state index contributed by atoms with van der Waals surface area (Å²) in [6, 6.07) is 8.00. The molecule has 18 heavy (non-hydrogen) atoms. The van der Waals surface area contributed by atoms with E-state index in [1.807, 2.05) is 31.2 Å². The molecule has 0 saturated heterocycles. The lowest BCUT2D eigenvalue weighted by molar-refractivity contribution is -0.119. The lowest BCUT2D eigenvalue weighted by Crippen LogP contribution is -2.31. The smallest absolute Gasteiger partial charge is 0.217 e. The van der Waals surface area contributed by atoms with Crippen molar-refractivity contribution in [3.63, 3.8) is 0 Å². The largest absolute Gasteiger partial charge is 0.481 e. The van der Waals surface area contributed by atoms with Crippen molar-refractivity contribution in [3.05, 3.63) is 29.8 Å². The van der Waals surface area contributed by atoms with Gasteiger partial charge in [-0.05, 0) is 38.0 Å². The Labute approximate surface area is 109 Å². The fourth-order valence-corrected chi connectivity index (χ4v) is 1.66. The van der Waals surface area contributed by atoms with Crippen LogP contribution in [0.3, 0.4) is 0 Å². The molecule has 0 aromatic heterocycles. The highest BCUT2D eigenvalue weighted by Gasteiger charge is 2.04. The van der Waals surface area contributed by atoms with E-state index in [0.29, 0.717) is 6.61 Å². The van der Waals surface area contributed by atoms with Crippen molar-refractivity contribution in [3.8, 4) is 17.6 Å². The van der Waals surface area contributed by atoms with Gasteiger partial charge in [-0.25, -0.2) is 0 Å². The maximum absolute atomic E-state index is 10.9. The molecule has 1 N–H and O–H groups in total. The summed E-state index contributed by atoms with van der Waals surface area (Å²) in [5, 5.41) is 2.86. The van der Waals surface area contributed by atoms with Gasteiger partial charge in [-0.1, -0.05) is 18.1 Å². The van der Waals surface area contributed by atoms with Crippen LogP contribution in [0.2, 0.25) is 0 Å². The minimum absolute atomic E-state index is 0.000550. The Balaban J connectivity index is 2.48. The topological polar surface area (TPSA) is 38.3 Å². The summed E-state index contributed by atoms with van der Waals surface area (Å²) in [5.41, 5.74) is 1.17. The Bertz CT molecular complexity index is 440. The number of ether oxygens (including phenoxy) is 1. The zero-order valence-electron chi connectivity index (χ0n) is 11.1. The van der Waals surface area contributed by atoms with Crippen LogP contribution in [0.1, 0.15) is 26.3 Å². The third-order valence-corrected chi connectivity index (χ3v) is 2.40. The van der Waals surface area contributed by atoms with E-state index in [0.717, 1.165) is 12.2 Å². The summed E-state index contributed by atoms with van der Waals surface area (Å²) >= 11 is 0. The van der Waals surface area contributed by atoms with Crippen LogP contribution in [0.25, 0.3) is 0 Å². The van der Waals surface area contributed by atoms with Crippen molar-refractivity contribution >= 4 is 5.91 Å². The summed E-state index contributed by atoms with van der Waals surface area (Å²) < 4.78 is 5.43. The first kappa shape index (κ1) is 14.1. The normalized spacial score (nSPS) is 11.1. The Morgan fingerprint density at radius 2 is 2.06 bits per heavy atom. The van der Waals surface area contributed by atoms with Crippen molar-refractivity contribution in [1.82, 2.24) is 5.32 Å². The van der Waals surface area contributed by atoms with Crippen molar-refractivity contribution in [2.75, 3.05) is 6.61 Å². The van der Waals surface area contributed by atoms with E-state index in [1.165, 1.54) is 12.5 Å². The molecule has 0 aliphatic carbocycles. The van der Waals surface area contributed by atoms with E-state index in [2.05, 4.69) is 17.2 Å². The molecule has 0 unspecified atom stereocenters. The van der Waals surface area contributed by atoms with Crippen LogP contribution >= 0.6 is 0 Å². The van der Waals surface area contributed by atoms with Crippen LogP contribution in [0, 0.1) is 11.8 Å². The summed E-state index contributed by atoms with van der Waals surface area (Å²) in [5.74, 6) is 6.44. The van der Waals surface area contributed by atoms with Crippen molar-refractivity contribution in [2.24, 2.45) is 0 Å². The summed E-state index contributed by atoms with van der Waals surface area (Å²) in [7, 11) is 0. The predicted octanol–water partition coefficient (Wildman–Crippen LogP) is 2.16. The first-order chi connectivity index (χ1) is 8.61. The molecule has 3 heteroatoms. The summed E-state index contributed by atoms with van der Waals surface area (Å²) in [4.78, 5) is 10.9. The van der Waals surface area contributed by atoms with Crippen molar-refractivity contribution in [2.45, 2.75) is 33.2 Å². The van der Waals surface area contributed by atoms with Gasteiger partial charge in [0.25, 0.3) is 0 Å². The van der Waals surface area contributed by atoms with Crippen molar-refractivity contribution < 1.29 is 9.53 Å². The molecule has 0 heterocycles. The zero-order valence-corrected chi connectivity index (χ0v) is 11.1. The minimum atomic E-state index is 0.000550. The fraction of sp³-hybridized carbons (Fsp3) is 0.400. The molecule has 3 nitrogen and oxygen atoms in total. The quantitative estimate of drug-likeness (QED) is 0.807. The SMILES string of the molecule is CC#CCOc1ccc(C[C@@H](C)NC(C)=O)cc1. The van der Waals surface area contributed by atoms with Gasteiger partial charge in [0.2, 0.25) is 5.91 Å². The number of carbonyl (C=O) groups excluding carboxylic acids is 1. The lowest BCUT2D eigenvalue weighted by atomic mass is 10.1. The molecule has 1 rings (SSSR count). The Hall–Kier alpha value is -1.95. The van der Waals surface area contributed by atoms with Crippen LogP contribution in [0.4, 0.5) is 0 Å². The Morgan fingerprint density at radius 1 is 1.39 bits per heavy atom. The van der Waals surface area contributed by atoms with Gasteiger partial charge in [-0.15, -0.1) is 5.92 Å². The van der Waals surface area contributed by atoms with Crippen LogP contribution < -0.4 is 10.1 Å². The maximum atomic E-state index is 10.9. The minimum Gasteiger partial charge on any atom is -0.481 e. The maximum Gasteiger partial charge on any atom is 0.217 e. The van der Waals surface area contributed by atoms with Crippen LogP contribution in [-0.4, -0.2) is 18.6 Å². The number of rotatable bonds is 5. The second-order valence-electron chi connectivity index (χ2n) is 4.17. The van der Waals surface area contributed by atoms with E-state index in [4.69, 9.17) is 4.74 Å². The summed E-state index contributed by atoms with van der Waals surface area (Å²) in [6.07, 6.45) is 0.814. The highest BCUT2D eigenvalue weighted by atomic mass is 16.5. The highest BCUT2D eigenvalue weighted by Crippen LogP contribution is 2.13. The molecule has 0 fully saturated rings. The van der Waals surface area contributed by atoms with Gasteiger partial charge >= 0.3 is 0 Å². The third-order valence-electron chi connectivity index (χ3n) is 2.40. The highest BCUT2D eigenvalue weighted by molar-refractivity contribution is 5.73. The van der Waals surface area contributed by atoms with Crippen LogP contribution in [-0.2, 0) is 11.2 Å². The fourth-order valence-electron chi connectivity index (χ4n) is 1.66. The molecule has 1 amide bonds. The van der Waals surface area contributed by atoms with Gasteiger partial charge < -0.3 is 10.1 Å². The van der Waals surface area contributed by atoms with Gasteiger partial charge in [-0.3, -0.25) is 4.79 Å². The second-order valence-corrected chi connectivity index (χ2v) is 4.17. The van der Waals surface area contributed by atoms with E-state index in [1.54, 1.807) is 6.92 Å². The average molecular weight is 245 g/mol. The molecule has 0 spiro atoms. The molecular weight excluding hydrogens is 226 g/mol. The molecule has 1 aromatic rings. The number of benzene rings is 1. The molecule has 1 atom stereocenters. The average Bonchev–Trinajstić information content (AvgIpc) is 2.30. The molecule has 96 valence electrons. The summed E-state index contributed by atoms with van der Waals surface area (Å²) in [6.45, 7) is 5.72. The second kappa shape index (κ2) is 7.39. The van der Waals surface area contributed by atoms with Gasteiger partial charge in [0.15, 0.2) is 0 Å². The van der Waals surface area contributed by atoms with E-state index < -0.39 is 0 Å². The standard InChI is InChI=1S/C15H19NO2/c1-4-5-10-18-15-8-6-14(7-9-15)11-12(2)16-13(3)17/h6-9,12H,10-11H2,1-3H3,(H,16,17)/t12-/m1/s1. The van der Waals surface area contributed by atoms with Gasteiger partial charge in [0.05, 0.1) is 0 Å².